The van der Waals surface area contributed by atoms with Crippen LogP contribution in [0.25, 0.3) is 0 Å². The molecule has 0 aliphatic rings. The van der Waals surface area contributed by atoms with Gasteiger partial charge in [0.1, 0.15) is 5.82 Å². The zero-order chi connectivity index (χ0) is 14.7. The zero-order valence-electron chi connectivity index (χ0n) is 11.0. The highest BCUT2D eigenvalue weighted by molar-refractivity contribution is 9.10. The van der Waals surface area contributed by atoms with E-state index in [1.807, 2.05) is 25.1 Å². The van der Waals surface area contributed by atoms with Gasteiger partial charge in [0.15, 0.2) is 0 Å². The highest BCUT2D eigenvalue weighted by Crippen LogP contribution is 2.22. The average molecular weight is 355 g/mol. The molecule has 0 bridgehead atoms. The van der Waals surface area contributed by atoms with Crippen molar-refractivity contribution in [3.8, 4) is 0 Å². The number of halogens is 2. The summed E-state index contributed by atoms with van der Waals surface area (Å²) in [4.78, 5) is 16.2. The molecule has 0 radical (unpaired) electrons. The Hall–Kier alpha value is -1.59. The van der Waals surface area contributed by atoms with Crippen molar-refractivity contribution in [1.29, 1.82) is 0 Å². The van der Waals surface area contributed by atoms with E-state index in [0.717, 1.165) is 15.7 Å². The third-order valence-electron chi connectivity index (χ3n) is 2.64. The van der Waals surface area contributed by atoms with Gasteiger partial charge < -0.3 is 10.6 Å². The van der Waals surface area contributed by atoms with E-state index in [1.165, 1.54) is 6.20 Å². The molecule has 2 rings (SSSR count). The van der Waals surface area contributed by atoms with Crippen LogP contribution in [-0.4, -0.2) is 17.9 Å². The third kappa shape index (κ3) is 3.49. The van der Waals surface area contributed by atoms with Gasteiger partial charge in [-0.1, -0.05) is 27.5 Å². The summed E-state index contributed by atoms with van der Waals surface area (Å²) in [6.45, 7) is 1.96. The molecule has 1 amide bonds. The van der Waals surface area contributed by atoms with Crippen molar-refractivity contribution >= 4 is 44.9 Å². The van der Waals surface area contributed by atoms with Crippen molar-refractivity contribution in [3.63, 3.8) is 0 Å². The summed E-state index contributed by atoms with van der Waals surface area (Å²) in [5, 5.41) is 6.07. The van der Waals surface area contributed by atoms with Gasteiger partial charge in [-0.05, 0) is 36.8 Å². The first-order valence-corrected chi connectivity index (χ1v) is 7.08. The fraction of sp³-hybridized carbons (Fsp3) is 0.143. The number of nitrogens with one attached hydrogen (secondary N) is 2. The molecule has 0 saturated carbocycles. The van der Waals surface area contributed by atoms with Crippen molar-refractivity contribution in [2.75, 3.05) is 17.7 Å². The van der Waals surface area contributed by atoms with Crippen molar-refractivity contribution in [2.45, 2.75) is 6.92 Å². The van der Waals surface area contributed by atoms with E-state index in [9.17, 15) is 4.79 Å². The second-order valence-corrected chi connectivity index (χ2v) is 5.60. The molecule has 0 saturated heterocycles. The molecule has 2 N–H and O–H groups in total. The van der Waals surface area contributed by atoms with Crippen molar-refractivity contribution in [1.82, 2.24) is 4.98 Å². The van der Waals surface area contributed by atoms with Crippen molar-refractivity contribution in [3.05, 3.63) is 51.1 Å². The van der Waals surface area contributed by atoms with E-state index >= 15 is 0 Å². The fourth-order valence-corrected chi connectivity index (χ4v) is 2.63. The molecule has 0 aliphatic carbocycles. The molecular weight excluding hydrogens is 342 g/mol. The predicted octanol–water partition coefficient (Wildman–Crippen LogP) is 4.10. The minimum absolute atomic E-state index is 0.250. The first-order valence-electron chi connectivity index (χ1n) is 5.91. The number of nitrogens with zero attached hydrogens (tertiary/aromatic N) is 1. The zero-order valence-corrected chi connectivity index (χ0v) is 13.3. The molecular formula is C14H13BrClN3O. The van der Waals surface area contributed by atoms with Gasteiger partial charge in [-0.3, -0.25) is 4.79 Å². The monoisotopic (exact) mass is 353 g/mol. The molecule has 1 aromatic carbocycles. The summed E-state index contributed by atoms with van der Waals surface area (Å²) in [5.74, 6) is 0.293. The molecule has 0 aliphatic heterocycles. The van der Waals surface area contributed by atoms with E-state index in [0.29, 0.717) is 16.4 Å². The van der Waals surface area contributed by atoms with E-state index in [2.05, 4.69) is 31.5 Å². The normalized spacial score (nSPS) is 10.2. The average Bonchev–Trinajstić information content (AvgIpc) is 2.37. The number of carbonyl (C=O) groups excluding carboxylic acids is 1. The first-order chi connectivity index (χ1) is 9.49. The van der Waals surface area contributed by atoms with Crippen LogP contribution >= 0.6 is 27.5 Å². The number of benzene rings is 1. The molecule has 6 heteroatoms. The van der Waals surface area contributed by atoms with Crippen LogP contribution in [0.15, 0.2) is 34.9 Å². The van der Waals surface area contributed by atoms with Crippen LogP contribution in [-0.2, 0) is 0 Å². The number of pyridine rings is 1. The predicted molar refractivity (Wildman–Crippen MR) is 85.6 cm³/mol. The largest absolute Gasteiger partial charge is 0.372 e. The molecule has 0 spiro atoms. The number of hydrogen-bond acceptors (Lipinski definition) is 3. The fourth-order valence-electron chi connectivity index (χ4n) is 1.76. The second-order valence-electron chi connectivity index (χ2n) is 4.28. The molecule has 4 nitrogen and oxygen atoms in total. The number of aromatic nitrogens is 1. The van der Waals surface area contributed by atoms with Crippen molar-refractivity contribution in [2.24, 2.45) is 0 Å². The van der Waals surface area contributed by atoms with Gasteiger partial charge >= 0.3 is 0 Å². The van der Waals surface area contributed by atoms with Crippen LogP contribution < -0.4 is 10.6 Å². The Labute approximate surface area is 130 Å². The van der Waals surface area contributed by atoms with Gasteiger partial charge in [0.05, 0.1) is 10.6 Å². The maximum Gasteiger partial charge on any atom is 0.257 e. The number of aryl methyl sites for hydroxylation is 1. The van der Waals surface area contributed by atoms with Crippen LogP contribution in [0.3, 0.4) is 0 Å². The van der Waals surface area contributed by atoms with Crippen molar-refractivity contribution < 1.29 is 4.79 Å². The highest BCUT2D eigenvalue weighted by atomic mass is 79.9. The Bertz CT molecular complexity index is 641. The van der Waals surface area contributed by atoms with Crippen LogP contribution in [0.4, 0.5) is 11.5 Å². The van der Waals surface area contributed by atoms with E-state index in [-0.39, 0.29) is 5.91 Å². The Balaban J connectivity index is 2.21. The molecule has 20 heavy (non-hydrogen) atoms. The lowest BCUT2D eigenvalue weighted by Crippen LogP contribution is -2.12. The summed E-state index contributed by atoms with van der Waals surface area (Å²) in [6.07, 6.45) is 1.48. The Morgan fingerprint density at radius 1 is 1.30 bits per heavy atom. The van der Waals surface area contributed by atoms with Gasteiger partial charge in [-0.15, -0.1) is 0 Å². The Morgan fingerprint density at radius 3 is 2.65 bits per heavy atom. The minimum Gasteiger partial charge on any atom is -0.372 e. The van der Waals surface area contributed by atoms with Gasteiger partial charge in [-0.2, -0.15) is 0 Å². The lowest BCUT2D eigenvalue weighted by Gasteiger charge is -2.08. The van der Waals surface area contributed by atoms with E-state index in [4.69, 9.17) is 11.6 Å². The number of hydrogen-bond donors (Lipinski definition) is 2. The quantitative estimate of drug-likeness (QED) is 0.872. The summed E-state index contributed by atoms with van der Waals surface area (Å²) in [5.41, 5.74) is 2.18. The number of anilines is 2. The topological polar surface area (TPSA) is 54.0 Å². The molecule has 0 atom stereocenters. The molecule has 104 valence electrons. The highest BCUT2D eigenvalue weighted by Gasteiger charge is 2.10. The maximum atomic E-state index is 12.1. The summed E-state index contributed by atoms with van der Waals surface area (Å²) in [7, 11) is 1.72. The summed E-state index contributed by atoms with van der Waals surface area (Å²) in [6, 6.07) is 7.28. The van der Waals surface area contributed by atoms with Crippen LogP contribution in [0.2, 0.25) is 5.02 Å². The summed E-state index contributed by atoms with van der Waals surface area (Å²) >= 11 is 9.41. The lowest BCUT2D eigenvalue weighted by atomic mass is 10.2. The number of amides is 1. The molecule has 0 fully saturated rings. The molecule has 2 aromatic rings. The molecule has 1 heterocycles. The van der Waals surface area contributed by atoms with E-state index < -0.39 is 0 Å². The van der Waals surface area contributed by atoms with Crippen LogP contribution in [0.1, 0.15) is 15.9 Å². The SMILES string of the molecule is CNc1ncc(C(=O)Nc2cc(C)cc(Br)c2)cc1Cl. The Morgan fingerprint density at radius 2 is 2.05 bits per heavy atom. The first kappa shape index (κ1) is 14.8. The minimum atomic E-state index is -0.250. The van der Waals surface area contributed by atoms with Gasteiger partial charge in [0, 0.05) is 23.4 Å². The number of rotatable bonds is 3. The smallest absolute Gasteiger partial charge is 0.257 e. The maximum absolute atomic E-state index is 12.1. The lowest BCUT2D eigenvalue weighted by molar-refractivity contribution is 0.102. The van der Waals surface area contributed by atoms with Gasteiger partial charge in [0.2, 0.25) is 0 Å². The van der Waals surface area contributed by atoms with Crippen LogP contribution in [0.5, 0.6) is 0 Å². The standard InChI is InChI=1S/C14H13BrClN3O/c1-8-3-10(15)6-11(4-8)19-14(20)9-5-12(16)13(17-2)18-7-9/h3-7H,1-2H3,(H,17,18)(H,19,20). The molecule has 0 unspecified atom stereocenters. The molecule has 1 aromatic heterocycles. The summed E-state index contributed by atoms with van der Waals surface area (Å²) < 4.78 is 0.912. The van der Waals surface area contributed by atoms with E-state index in [1.54, 1.807) is 13.1 Å². The number of carbonyl (C=O) groups is 1. The van der Waals surface area contributed by atoms with Gasteiger partial charge in [0.25, 0.3) is 5.91 Å². The van der Waals surface area contributed by atoms with Crippen LogP contribution in [0, 0.1) is 6.92 Å². The Kier molecular flexibility index (Phi) is 4.62. The second kappa shape index (κ2) is 6.24. The van der Waals surface area contributed by atoms with Gasteiger partial charge in [-0.25, -0.2) is 4.98 Å². The third-order valence-corrected chi connectivity index (χ3v) is 3.39.